The molecule has 0 bridgehead atoms. The van der Waals surface area contributed by atoms with Gasteiger partial charge in [0, 0.05) is 31.2 Å². The number of hydrogen-bond donors (Lipinski definition) is 15. The van der Waals surface area contributed by atoms with Crippen LogP contribution in [0.25, 0.3) is 0 Å². The molecular weight excluding hydrogens is 919 g/mol. The quantitative estimate of drug-likeness (QED) is 0.0306. The van der Waals surface area contributed by atoms with Crippen molar-refractivity contribution in [3.8, 4) is 5.75 Å². The molecule has 7 atom stereocenters. The molecule has 0 saturated heterocycles. The second-order valence-corrected chi connectivity index (χ2v) is 16.9. The van der Waals surface area contributed by atoms with Crippen molar-refractivity contribution in [2.45, 2.75) is 127 Å². The fourth-order valence-electron chi connectivity index (χ4n) is 6.67. The predicted molar refractivity (Wildman–Crippen MR) is 251 cm³/mol. The number of carbonyl (C=O) groups excluding carboxylic acids is 8. The number of nitrogens with two attached hydrogens (primary N) is 3. The van der Waals surface area contributed by atoms with Crippen LogP contribution in [0.5, 0.6) is 5.75 Å². The van der Waals surface area contributed by atoms with E-state index in [9.17, 15) is 58.2 Å². The van der Waals surface area contributed by atoms with Gasteiger partial charge in [-0.2, -0.15) is 0 Å². The summed E-state index contributed by atoms with van der Waals surface area (Å²) in [4.78, 5) is 137. The number of benzene rings is 1. The van der Waals surface area contributed by atoms with Gasteiger partial charge in [0.2, 0.25) is 47.3 Å². The first-order valence-corrected chi connectivity index (χ1v) is 22.9. The van der Waals surface area contributed by atoms with Crippen molar-refractivity contribution < 1.29 is 63.3 Å². The second-order valence-electron chi connectivity index (χ2n) is 16.9. The van der Waals surface area contributed by atoms with Crippen molar-refractivity contribution in [3.05, 3.63) is 48.0 Å². The summed E-state index contributed by atoms with van der Waals surface area (Å²) in [5.74, 6) is -9.96. The molecule has 0 aliphatic carbocycles. The van der Waals surface area contributed by atoms with Gasteiger partial charge in [0.15, 0.2) is 0 Å². The molecule has 0 saturated carbocycles. The molecule has 0 aliphatic heterocycles. The van der Waals surface area contributed by atoms with Gasteiger partial charge in [-0.3, -0.25) is 47.9 Å². The molecule has 0 radical (unpaired) electrons. The van der Waals surface area contributed by atoms with Gasteiger partial charge in [-0.25, -0.2) is 4.98 Å². The van der Waals surface area contributed by atoms with E-state index in [1.807, 2.05) is 0 Å². The van der Waals surface area contributed by atoms with Crippen LogP contribution < -0.4 is 59.7 Å². The Balaban J connectivity index is 2.33. The normalized spacial score (nSPS) is 14.0. The highest BCUT2D eigenvalue weighted by molar-refractivity contribution is 5.97. The lowest BCUT2D eigenvalue weighted by atomic mass is 10.0. The van der Waals surface area contributed by atoms with Gasteiger partial charge in [0.25, 0.3) is 0 Å². The zero-order valence-corrected chi connectivity index (χ0v) is 39.6. The van der Waals surface area contributed by atoms with Gasteiger partial charge in [0.05, 0.1) is 18.9 Å². The second kappa shape index (κ2) is 31.0. The van der Waals surface area contributed by atoms with Crippen LogP contribution in [-0.4, -0.2) is 153 Å². The number of unbranched alkanes of at least 4 members (excludes halogenated alkanes) is 2. The number of hydrogen-bond acceptors (Lipinski definition) is 15. The fourth-order valence-corrected chi connectivity index (χ4v) is 6.67. The van der Waals surface area contributed by atoms with Crippen molar-refractivity contribution >= 4 is 59.2 Å². The maximum Gasteiger partial charge on any atom is 0.322 e. The number of H-pyrrole nitrogens is 1. The van der Waals surface area contributed by atoms with Crippen LogP contribution in [0.4, 0.5) is 0 Å². The van der Waals surface area contributed by atoms with E-state index in [2.05, 4.69) is 52.5 Å². The van der Waals surface area contributed by atoms with Gasteiger partial charge >= 0.3 is 11.9 Å². The fraction of sp³-hybridized carbons (Fsp3) is 0.568. The minimum atomic E-state index is -1.58. The summed E-state index contributed by atoms with van der Waals surface area (Å²) in [6.07, 6.45) is 3.67. The Morgan fingerprint density at radius 3 is 1.73 bits per heavy atom. The van der Waals surface area contributed by atoms with E-state index in [-0.39, 0.29) is 31.6 Å². The van der Waals surface area contributed by atoms with Gasteiger partial charge < -0.3 is 80.0 Å². The zero-order valence-electron chi connectivity index (χ0n) is 39.6. The molecule has 18 N–H and O–H groups in total. The van der Waals surface area contributed by atoms with E-state index >= 15 is 0 Å². The number of imidazole rings is 1. The molecule has 0 spiro atoms. The highest BCUT2D eigenvalue weighted by Crippen LogP contribution is 2.13. The Labute approximate surface area is 404 Å². The monoisotopic (exact) mass is 988 g/mol. The van der Waals surface area contributed by atoms with Crippen molar-refractivity contribution in [2.75, 3.05) is 26.2 Å². The van der Waals surface area contributed by atoms with Crippen molar-refractivity contribution in [2.24, 2.45) is 23.1 Å². The molecule has 1 aromatic heterocycles. The third-order valence-electron chi connectivity index (χ3n) is 10.6. The number of nitrogens with zero attached hydrogens (tertiary/aromatic N) is 1. The van der Waals surface area contributed by atoms with Crippen LogP contribution in [0.3, 0.4) is 0 Å². The minimum absolute atomic E-state index is 0.00416. The lowest BCUT2D eigenvalue weighted by Crippen LogP contribution is -2.60. The molecule has 1 aromatic carbocycles. The Bertz CT molecular complexity index is 2050. The molecule has 70 heavy (non-hydrogen) atoms. The number of nitrogens with one attached hydrogen (secondary N) is 9. The Morgan fingerprint density at radius 1 is 0.600 bits per heavy atom. The number of phenols is 1. The number of carboxylic acid groups (broad SMARTS) is 2. The van der Waals surface area contributed by atoms with Crippen LogP contribution in [0.1, 0.15) is 83.4 Å². The Morgan fingerprint density at radius 2 is 1.14 bits per heavy atom. The largest absolute Gasteiger partial charge is 0.508 e. The summed E-state index contributed by atoms with van der Waals surface area (Å²) in [5.41, 5.74) is 17.9. The molecule has 1 heterocycles. The van der Waals surface area contributed by atoms with E-state index in [1.54, 1.807) is 13.8 Å². The van der Waals surface area contributed by atoms with Crippen LogP contribution >= 0.6 is 0 Å². The van der Waals surface area contributed by atoms with Gasteiger partial charge in [-0.05, 0) is 82.2 Å². The maximum atomic E-state index is 14.0. The number of aromatic nitrogens is 2. The molecule has 26 heteroatoms. The number of rotatable bonds is 33. The van der Waals surface area contributed by atoms with Crippen molar-refractivity contribution in [3.63, 3.8) is 0 Å². The third-order valence-corrected chi connectivity index (χ3v) is 10.6. The summed E-state index contributed by atoms with van der Waals surface area (Å²) in [6.45, 7) is 3.87. The lowest BCUT2D eigenvalue weighted by molar-refractivity contribution is -0.139. The highest BCUT2D eigenvalue weighted by Gasteiger charge is 2.34. The molecule has 0 aliphatic rings. The third kappa shape index (κ3) is 22.3. The van der Waals surface area contributed by atoms with Crippen molar-refractivity contribution in [1.29, 1.82) is 0 Å². The van der Waals surface area contributed by atoms with E-state index in [0.717, 1.165) is 0 Å². The number of carbonyl (C=O) groups is 10. The number of aromatic amines is 1. The summed E-state index contributed by atoms with van der Waals surface area (Å²) in [7, 11) is 0. The summed E-state index contributed by atoms with van der Waals surface area (Å²) < 4.78 is 0. The summed E-state index contributed by atoms with van der Waals surface area (Å²) in [6, 6.07) is -3.60. The molecule has 26 nitrogen and oxygen atoms in total. The lowest BCUT2D eigenvalue weighted by Gasteiger charge is -2.27. The first kappa shape index (κ1) is 58.9. The zero-order chi connectivity index (χ0) is 52.3. The minimum Gasteiger partial charge on any atom is -0.508 e. The van der Waals surface area contributed by atoms with Gasteiger partial charge in [-0.15, -0.1) is 0 Å². The number of aliphatic carboxylic acids is 2. The molecule has 0 unspecified atom stereocenters. The van der Waals surface area contributed by atoms with Crippen LogP contribution in [0.2, 0.25) is 0 Å². The molecule has 8 amide bonds. The van der Waals surface area contributed by atoms with E-state index in [4.69, 9.17) is 22.3 Å². The van der Waals surface area contributed by atoms with E-state index in [1.165, 1.54) is 43.7 Å². The Kier molecular flexibility index (Phi) is 26.1. The van der Waals surface area contributed by atoms with Crippen molar-refractivity contribution in [1.82, 2.24) is 52.5 Å². The standard InChI is InChI=1S/C44H69N13O13/c1-24(2)37(44(70)50-22-36(62)63)57-41(67)30(9-5-7-17-46)55-40(66)31(14-15-35(60)61)54-38(64)25(3)52-42(68)32(18-26-10-12-28(58)13-11-26)56-43(69)33(19-27-20-48-23-51-27)53-34(59)21-49-39(65)29(47)8-4-6-16-45/h10-13,20,23-25,29-33,37,58H,4-9,14-19,21-22,45-47H2,1-3H3,(H,48,51)(H,49,65)(H,50,70)(H,52,68)(H,53,59)(H,54,64)(H,55,66)(H,56,69)(H,57,67)(H,60,61)(H,62,63)/t25-,29-,30-,31-,32-,33-,37-/m0/s1. The molecule has 2 aromatic rings. The van der Waals surface area contributed by atoms with Crippen LogP contribution in [0.15, 0.2) is 36.8 Å². The Hall–Kier alpha value is -7.19. The summed E-state index contributed by atoms with van der Waals surface area (Å²) in [5, 5.41) is 48.1. The van der Waals surface area contributed by atoms with Crippen LogP contribution in [-0.2, 0) is 60.8 Å². The van der Waals surface area contributed by atoms with E-state index < -0.39 is 133 Å². The maximum absolute atomic E-state index is 14.0. The first-order valence-electron chi connectivity index (χ1n) is 22.9. The topological polar surface area (TPSA) is 434 Å². The van der Waals surface area contributed by atoms with Gasteiger partial charge in [0.1, 0.15) is 48.5 Å². The van der Waals surface area contributed by atoms with Gasteiger partial charge in [-0.1, -0.05) is 32.4 Å². The number of phenolic OH excluding ortho intramolecular Hbond substituents is 1. The first-order chi connectivity index (χ1) is 33.1. The molecular formula is C44H69N13O13. The molecule has 388 valence electrons. The molecule has 0 fully saturated rings. The average Bonchev–Trinajstić information content (AvgIpc) is 3.83. The number of carboxylic acids is 2. The van der Waals surface area contributed by atoms with Crippen LogP contribution in [0, 0.1) is 5.92 Å². The summed E-state index contributed by atoms with van der Waals surface area (Å²) >= 11 is 0. The number of aromatic hydroxyl groups is 1. The SMILES string of the molecule is CC(C)[C@H](NC(=O)[C@H](CCCCN)NC(=O)[C@H](CCC(=O)O)NC(=O)[C@H](C)NC(=O)[C@H](Cc1ccc(O)cc1)NC(=O)[C@H](Cc1cnc[nH]1)NC(=O)CNC(=O)[C@@H](N)CCCCN)C(=O)NCC(=O)O. The highest BCUT2D eigenvalue weighted by atomic mass is 16.4. The number of amides is 8. The van der Waals surface area contributed by atoms with E-state index in [0.29, 0.717) is 49.9 Å². The molecule has 2 rings (SSSR count). The predicted octanol–water partition coefficient (Wildman–Crippen LogP) is -3.75. The smallest absolute Gasteiger partial charge is 0.322 e. The average molecular weight is 988 g/mol.